The number of hydrogen-bond donors (Lipinski definition) is 2. The zero-order valence-corrected chi connectivity index (χ0v) is 10.6. The van der Waals surface area contributed by atoms with Crippen molar-refractivity contribution in [2.75, 3.05) is 0 Å². The second-order valence-corrected chi connectivity index (χ2v) is 5.46. The maximum atomic E-state index is 11.9. The molecule has 2 aromatic rings. The Hall–Kier alpha value is -1.32. The number of aromatic amines is 1. The number of aromatic nitrogens is 1. The lowest BCUT2D eigenvalue weighted by Crippen LogP contribution is -2.36. The van der Waals surface area contributed by atoms with Gasteiger partial charge in [0.2, 0.25) is 0 Å². The molecule has 0 fully saturated rings. The maximum Gasteiger partial charge on any atom is 0.251 e. The molecule has 0 radical (unpaired) electrons. The quantitative estimate of drug-likeness (QED) is 0.860. The molecule has 1 aromatic carbocycles. The molecular formula is C13H15ClN2O. The fraction of sp³-hybridized carbons (Fsp3) is 0.308. The van der Waals surface area contributed by atoms with Crippen molar-refractivity contribution < 1.29 is 0 Å². The molecule has 0 bridgehead atoms. The summed E-state index contributed by atoms with van der Waals surface area (Å²) in [5.74, 6) is 0. The van der Waals surface area contributed by atoms with Crippen LogP contribution < -0.4 is 11.3 Å². The molecule has 3 N–H and O–H groups in total. The number of H-pyrrole nitrogens is 1. The molecule has 0 aliphatic carbocycles. The predicted octanol–water partition coefficient (Wildman–Crippen LogP) is 2.46. The Morgan fingerprint density at radius 1 is 1.35 bits per heavy atom. The van der Waals surface area contributed by atoms with E-state index in [2.05, 4.69) is 4.98 Å². The Kier molecular flexibility index (Phi) is 2.98. The van der Waals surface area contributed by atoms with Crippen LogP contribution in [0.25, 0.3) is 10.9 Å². The van der Waals surface area contributed by atoms with Gasteiger partial charge in [0.15, 0.2) is 0 Å². The van der Waals surface area contributed by atoms with Crippen LogP contribution in [0.4, 0.5) is 0 Å². The smallest absolute Gasteiger partial charge is 0.251 e. The number of benzene rings is 1. The van der Waals surface area contributed by atoms with Crippen LogP contribution in [0.15, 0.2) is 29.1 Å². The molecule has 3 nitrogen and oxygen atoms in total. The summed E-state index contributed by atoms with van der Waals surface area (Å²) in [6.45, 7) is 3.80. The molecule has 0 atom stereocenters. The molecule has 0 amide bonds. The summed E-state index contributed by atoms with van der Waals surface area (Å²) < 4.78 is 0. The van der Waals surface area contributed by atoms with E-state index < -0.39 is 5.54 Å². The van der Waals surface area contributed by atoms with Crippen LogP contribution in [-0.4, -0.2) is 10.5 Å². The summed E-state index contributed by atoms with van der Waals surface area (Å²) in [4.78, 5) is 14.7. The van der Waals surface area contributed by atoms with Gasteiger partial charge in [0, 0.05) is 21.6 Å². The number of halogens is 1. The summed E-state index contributed by atoms with van der Waals surface area (Å²) in [5, 5.41) is 1.58. The highest BCUT2D eigenvalue weighted by Crippen LogP contribution is 2.18. The van der Waals surface area contributed by atoms with Gasteiger partial charge in [-0.1, -0.05) is 17.7 Å². The number of nitrogens with two attached hydrogens (primary N) is 1. The third-order valence-electron chi connectivity index (χ3n) is 2.53. The first-order valence-corrected chi connectivity index (χ1v) is 5.83. The van der Waals surface area contributed by atoms with Gasteiger partial charge < -0.3 is 10.7 Å². The third-order valence-corrected chi connectivity index (χ3v) is 2.77. The van der Waals surface area contributed by atoms with Crippen LogP contribution in [0.5, 0.6) is 0 Å². The highest BCUT2D eigenvalue weighted by molar-refractivity contribution is 6.31. The van der Waals surface area contributed by atoms with E-state index in [1.807, 2.05) is 26.0 Å². The summed E-state index contributed by atoms with van der Waals surface area (Å²) in [7, 11) is 0. The molecule has 0 aliphatic heterocycles. The first-order chi connectivity index (χ1) is 7.85. The second kappa shape index (κ2) is 4.17. The van der Waals surface area contributed by atoms with Crippen molar-refractivity contribution in [3.63, 3.8) is 0 Å². The van der Waals surface area contributed by atoms with E-state index in [1.165, 1.54) is 0 Å². The van der Waals surface area contributed by atoms with Gasteiger partial charge in [0.1, 0.15) is 0 Å². The number of rotatable bonds is 2. The van der Waals surface area contributed by atoms with Crippen molar-refractivity contribution in [1.29, 1.82) is 0 Å². The Bertz CT molecular complexity index is 611. The lowest BCUT2D eigenvalue weighted by atomic mass is 9.96. The van der Waals surface area contributed by atoms with Gasteiger partial charge in [-0.2, -0.15) is 0 Å². The minimum absolute atomic E-state index is 0.0988. The minimum Gasteiger partial charge on any atom is -0.325 e. The van der Waals surface area contributed by atoms with Gasteiger partial charge in [0.05, 0.1) is 0 Å². The highest BCUT2D eigenvalue weighted by atomic mass is 35.5. The Balaban J connectivity index is 2.56. The molecule has 1 aromatic heterocycles. The van der Waals surface area contributed by atoms with Crippen LogP contribution in [-0.2, 0) is 6.42 Å². The Morgan fingerprint density at radius 2 is 2.06 bits per heavy atom. The molecule has 1 heterocycles. The van der Waals surface area contributed by atoms with Crippen LogP contribution in [0, 0.1) is 0 Å². The Morgan fingerprint density at radius 3 is 2.71 bits per heavy atom. The topological polar surface area (TPSA) is 58.9 Å². The fourth-order valence-electron chi connectivity index (χ4n) is 1.84. The van der Waals surface area contributed by atoms with E-state index in [0.717, 1.165) is 10.9 Å². The van der Waals surface area contributed by atoms with Crippen LogP contribution in [0.2, 0.25) is 5.02 Å². The predicted molar refractivity (Wildman–Crippen MR) is 71.5 cm³/mol. The van der Waals surface area contributed by atoms with E-state index in [0.29, 0.717) is 17.0 Å². The lowest BCUT2D eigenvalue weighted by molar-refractivity contribution is 0.514. The summed E-state index contributed by atoms with van der Waals surface area (Å²) in [6, 6.07) is 7.31. The molecule has 17 heavy (non-hydrogen) atoms. The van der Waals surface area contributed by atoms with E-state index in [1.54, 1.807) is 12.1 Å². The number of fused-ring (bicyclic) bond motifs is 1. The number of nitrogens with one attached hydrogen (secondary N) is 1. The van der Waals surface area contributed by atoms with Gasteiger partial charge in [0.25, 0.3) is 5.56 Å². The van der Waals surface area contributed by atoms with Crippen molar-refractivity contribution in [2.45, 2.75) is 25.8 Å². The lowest BCUT2D eigenvalue weighted by Gasteiger charge is -2.17. The largest absolute Gasteiger partial charge is 0.325 e. The van der Waals surface area contributed by atoms with Gasteiger partial charge in [-0.15, -0.1) is 0 Å². The molecule has 90 valence electrons. The molecule has 2 rings (SSSR count). The monoisotopic (exact) mass is 250 g/mol. The number of pyridine rings is 1. The standard InChI is InChI=1S/C13H15ClN2O/c1-13(2,15)7-9-5-8-3-4-10(14)6-11(8)16-12(9)17/h3-6H,7,15H2,1-2H3,(H,16,17). The van der Waals surface area contributed by atoms with E-state index in [-0.39, 0.29) is 5.56 Å². The first kappa shape index (κ1) is 12.1. The van der Waals surface area contributed by atoms with Gasteiger partial charge >= 0.3 is 0 Å². The molecule has 0 saturated heterocycles. The van der Waals surface area contributed by atoms with Crippen molar-refractivity contribution in [2.24, 2.45) is 5.73 Å². The van der Waals surface area contributed by atoms with Gasteiger partial charge in [-0.25, -0.2) is 0 Å². The number of hydrogen-bond acceptors (Lipinski definition) is 2. The van der Waals surface area contributed by atoms with Crippen molar-refractivity contribution >= 4 is 22.5 Å². The van der Waals surface area contributed by atoms with E-state index >= 15 is 0 Å². The average molecular weight is 251 g/mol. The molecular weight excluding hydrogens is 236 g/mol. The molecule has 0 spiro atoms. The van der Waals surface area contributed by atoms with Crippen LogP contribution >= 0.6 is 11.6 Å². The maximum absolute atomic E-state index is 11.9. The minimum atomic E-state index is -0.396. The van der Waals surface area contributed by atoms with E-state index in [9.17, 15) is 4.79 Å². The van der Waals surface area contributed by atoms with E-state index in [4.69, 9.17) is 17.3 Å². The molecule has 0 aliphatic rings. The fourth-order valence-corrected chi connectivity index (χ4v) is 2.01. The Labute approximate surface area is 105 Å². The van der Waals surface area contributed by atoms with Gasteiger partial charge in [-0.05, 0) is 43.9 Å². The zero-order valence-electron chi connectivity index (χ0n) is 9.88. The van der Waals surface area contributed by atoms with Gasteiger partial charge in [-0.3, -0.25) is 4.79 Å². The summed E-state index contributed by atoms with van der Waals surface area (Å²) >= 11 is 5.88. The van der Waals surface area contributed by atoms with Crippen molar-refractivity contribution in [3.8, 4) is 0 Å². The molecule has 4 heteroatoms. The molecule has 0 unspecified atom stereocenters. The van der Waals surface area contributed by atoms with Crippen molar-refractivity contribution in [3.05, 3.63) is 45.2 Å². The normalized spacial score (nSPS) is 12.0. The first-order valence-electron chi connectivity index (χ1n) is 5.45. The van der Waals surface area contributed by atoms with Crippen LogP contribution in [0.1, 0.15) is 19.4 Å². The average Bonchev–Trinajstić information content (AvgIpc) is 2.17. The highest BCUT2D eigenvalue weighted by Gasteiger charge is 2.14. The SMILES string of the molecule is CC(C)(N)Cc1cc2ccc(Cl)cc2[nH]c1=O. The van der Waals surface area contributed by atoms with Crippen molar-refractivity contribution in [1.82, 2.24) is 4.98 Å². The molecule has 0 saturated carbocycles. The summed E-state index contributed by atoms with van der Waals surface area (Å²) in [6.07, 6.45) is 0.543. The summed E-state index contributed by atoms with van der Waals surface area (Å²) in [5.41, 5.74) is 6.89. The third kappa shape index (κ3) is 2.87. The zero-order chi connectivity index (χ0) is 12.6. The second-order valence-electron chi connectivity index (χ2n) is 5.02. The van der Waals surface area contributed by atoms with Crippen LogP contribution in [0.3, 0.4) is 0 Å².